The van der Waals surface area contributed by atoms with Crippen molar-refractivity contribution in [1.29, 1.82) is 0 Å². The molecular weight excluding hydrogens is 284 g/mol. The summed E-state index contributed by atoms with van der Waals surface area (Å²) in [5.41, 5.74) is 0.322. The fourth-order valence-corrected chi connectivity index (χ4v) is 3.04. The maximum atomic E-state index is 11.9. The van der Waals surface area contributed by atoms with Crippen LogP contribution in [0.15, 0.2) is 24.3 Å². The van der Waals surface area contributed by atoms with Gasteiger partial charge in [-0.25, -0.2) is 0 Å². The summed E-state index contributed by atoms with van der Waals surface area (Å²) in [6.07, 6.45) is -0.292. The van der Waals surface area contributed by atoms with Crippen molar-refractivity contribution in [3.8, 4) is 5.75 Å². The molecule has 6 nitrogen and oxygen atoms in total. The van der Waals surface area contributed by atoms with E-state index in [4.69, 9.17) is 14.0 Å². The van der Waals surface area contributed by atoms with Gasteiger partial charge in [0.1, 0.15) is 5.75 Å². The summed E-state index contributed by atoms with van der Waals surface area (Å²) in [7, 11) is -2.30. The topological polar surface area (TPSA) is 89.9 Å². The highest BCUT2D eigenvalue weighted by atomic mass is 32.2. The zero-order chi connectivity index (χ0) is 15.2. The van der Waals surface area contributed by atoms with E-state index < -0.39 is 16.1 Å². The van der Waals surface area contributed by atoms with Gasteiger partial charge in [0.2, 0.25) is 0 Å². The van der Waals surface area contributed by atoms with Crippen LogP contribution in [0, 0.1) is 5.92 Å². The number of hydrogen-bond acceptors (Lipinski definition) is 5. The number of aliphatic carboxylic acids is 1. The number of benzene rings is 1. The van der Waals surface area contributed by atoms with Crippen molar-refractivity contribution in [2.75, 3.05) is 19.5 Å². The van der Waals surface area contributed by atoms with Crippen molar-refractivity contribution in [3.05, 3.63) is 29.8 Å². The van der Waals surface area contributed by atoms with Gasteiger partial charge in [0.15, 0.2) is 0 Å². The predicted octanol–water partition coefficient (Wildman–Crippen LogP) is 1.30. The molecule has 20 heavy (non-hydrogen) atoms. The zero-order valence-electron chi connectivity index (χ0n) is 11.4. The van der Waals surface area contributed by atoms with Crippen LogP contribution in [0.4, 0.5) is 0 Å². The third-order valence-electron chi connectivity index (χ3n) is 2.47. The van der Waals surface area contributed by atoms with E-state index in [1.165, 1.54) is 19.2 Å². The van der Waals surface area contributed by atoms with E-state index >= 15 is 0 Å². The van der Waals surface area contributed by atoms with Gasteiger partial charge in [-0.15, -0.1) is 0 Å². The molecular formula is C13H18O6S. The number of carboxylic acid groups (broad SMARTS) is 1. The molecule has 0 fully saturated rings. The minimum absolute atomic E-state index is 0.0551. The third-order valence-corrected chi connectivity index (χ3v) is 3.88. The molecule has 0 aromatic heterocycles. The van der Waals surface area contributed by atoms with Crippen LogP contribution in [0.2, 0.25) is 0 Å². The number of ether oxygens (including phenoxy) is 1. The highest BCUT2D eigenvalue weighted by Crippen LogP contribution is 2.21. The smallest absolute Gasteiger partial charge is 0.309 e. The summed E-state index contributed by atoms with van der Waals surface area (Å²) in [5.74, 6) is -1.40. The van der Waals surface area contributed by atoms with Crippen LogP contribution in [0.25, 0.3) is 0 Å². The number of para-hydroxylation sites is 1. The van der Waals surface area contributed by atoms with Gasteiger partial charge in [-0.05, 0) is 12.0 Å². The lowest BCUT2D eigenvalue weighted by atomic mass is 10.1. The molecule has 0 aliphatic heterocycles. The fraction of sp³-hybridized carbons (Fsp3) is 0.462. The van der Waals surface area contributed by atoms with Gasteiger partial charge in [0.25, 0.3) is 0 Å². The number of hydrogen-bond donors (Lipinski definition) is 1. The van der Waals surface area contributed by atoms with E-state index in [-0.39, 0.29) is 23.8 Å². The Balaban J connectivity index is 2.84. The lowest BCUT2D eigenvalue weighted by molar-refractivity contribution is -0.136. The lowest BCUT2D eigenvalue weighted by Crippen LogP contribution is -2.22. The van der Waals surface area contributed by atoms with Crippen molar-refractivity contribution < 1.29 is 27.2 Å². The van der Waals surface area contributed by atoms with Gasteiger partial charge in [0.05, 0.1) is 12.2 Å². The van der Waals surface area contributed by atoms with Crippen molar-refractivity contribution >= 4 is 16.1 Å². The monoisotopic (exact) mass is 302 g/mol. The highest BCUT2D eigenvalue weighted by Gasteiger charge is 2.19. The number of carboxylic acids is 1. The highest BCUT2D eigenvalue weighted by molar-refractivity contribution is 7.87. The minimum Gasteiger partial charge on any atom is -0.481 e. The quantitative estimate of drug-likeness (QED) is 0.728. The van der Waals surface area contributed by atoms with Crippen LogP contribution in [0.1, 0.15) is 12.5 Å². The molecule has 0 radical (unpaired) electrons. The van der Waals surface area contributed by atoms with E-state index in [1.54, 1.807) is 19.1 Å². The maximum Gasteiger partial charge on any atom is 0.309 e. The molecule has 0 heterocycles. The van der Waals surface area contributed by atoms with Gasteiger partial charge in [-0.2, -0.15) is 8.42 Å². The third kappa shape index (κ3) is 5.58. The molecule has 0 aliphatic rings. The van der Waals surface area contributed by atoms with Crippen molar-refractivity contribution in [2.45, 2.75) is 13.3 Å². The van der Waals surface area contributed by atoms with Gasteiger partial charge < -0.3 is 14.0 Å². The number of rotatable bonds is 8. The number of methoxy groups -OCH3 is 1. The average molecular weight is 302 g/mol. The average Bonchev–Trinajstić information content (AvgIpc) is 2.30. The van der Waals surface area contributed by atoms with E-state index in [1.807, 2.05) is 0 Å². The fourth-order valence-electron chi connectivity index (χ4n) is 1.75. The minimum atomic E-state index is -3.79. The Labute approximate surface area is 118 Å². The molecule has 1 aromatic carbocycles. The number of carbonyl (C=O) groups is 1. The standard InChI is InChI=1S/C13H18O6S/c1-10(8-18-2)9-20(16,17)19-12-6-4-3-5-11(12)7-13(14)15/h3-6,10H,7-9H2,1-2H3,(H,14,15). The van der Waals surface area contributed by atoms with Crippen molar-refractivity contribution in [2.24, 2.45) is 5.92 Å². The summed E-state index contributed by atoms with van der Waals surface area (Å²) >= 11 is 0. The molecule has 7 heteroatoms. The summed E-state index contributed by atoms with van der Waals surface area (Å²) in [6, 6.07) is 6.19. The molecule has 1 aromatic rings. The summed E-state index contributed by atoms with van der Waals surface area (Å²) in [6.45, 7) is 2.03. The molecule has 1 N–H and O–H groups in total. The molecule has 1 unspecified atom stereocenters. The van der Waals surface area contributed by atoms with Gasteiger partial charge in [-0.3, -0.25) is 4.79 Å². The second-order valence-corrected chi connectivity index (χ2v) is 6.16. The maximum absolute atomic E-state index is 11.9. The normalized spacial score (nSPS) is 12.9. The van der Waals surface area contributed by atoms with Gasteiger partial charge in [-0.1, -0.05) is 25.1 Å². The van der Waals surface area contributed by atoms with Crippen LogP contribution in [-0.2, 0) is 26.1 Å². The summed E-state index contributed by atoms with van der Waals surface area (Å²) in [5, 5.41) is 8.78. The molecule has 112 valence electrons. The Morgan fingerprint density at radius 2 is 2.00 bits per heavy atom. The predicted molar refractivity (Wildman–Crippen MR) is 73.2 cm³/mol. The van der Waals surface area contributed by atoms with Crippen molar-refractivity contribution in [3.63, 3.8) is 0 Å². The van der Waals surface area contributed by atoms with Gasteiger partial charge in [0, 0.05) is 19.3 Å². The summed E-state index contributed by atoms with van der Waals surface area (Å²) < 4.78 is 33.7. The van der Waals surface area contributed by atoms with Crippen LogP contribution in [0.5, 0.6) is 5.75 Å². The lowest BCUT2D eigenvalue weighted by Gasteiger charge is -2.13. The Hall–Kier alpha value is -1.60. The van der Waals surface area contributed by atoms with Gasteiger partial charge >= 0.3 is 16.1 Å². The first-order valence-electron chi connectivity index (χ1n) is 6.05. The van der Waals surface area contributed by atoms with Crippen LogP contribution in [-0.4, -0.2) is 39.0 Å². The molecule has 1 atom stereocenters. The van der Waals surface area contributed by atoms with Crippen LogP contribution >= 0.6 is 0 Å². The van der Waals surface area contributed by atoms with E-state index in [0.29, 0.717) is 12.2 Å². The van der Waals surface area contributed by atoms with Crippen molar-refractivity contribution in [1.82, 2.24) is 0 Å². The van der Waals surface area contributed by atoms with E-state index in [0.717, 1.165) is 0 Å². The zero-order valence-corrected chi connectivity index (χ0v) is 12.2. The molecule has 1 rings (SSSR count). The first-order valence-corrected chi connectivity index (χ1v) is 7.62. The second-order valence-electron chi connectivity index (χ2n) is 4.55. The van der Waals surface area contributed by atoms with E-state index in [2.05, 4.69) is 0 Å². The molecule has 0 amide bonds. The largest absolute Gasteiger partial charge is 0.481 e. The molecule has 0 aliphatic carbocycles. The second kappa shape index (κ2) is 7.25. The summed E-state index contributed by atoms with van der Waals surface area (Å²) in [4.78, 5) is 10.7. The Morgan fingerprint density at radius 3 is 2.60 bits per heavy atom. The van der Waals surface area contributed by atoms with Crippen LogP contribution in [0.3, 0.4) is 0 Å². The Morgan fingerprint density at radius 1 is 1.35 bits per heavy atom. The van der Waals surface area contributed by atoms with E-state index in [9.17, 15) is 13.2 Å². The molecule has 0 bridgehead atoms. The molecule has 0 saturated carbocycles. The SMILES string of the molecule is COCC(C)CS(=O)(=O)Oc1ccccc1CC(=O)O. The first-order chi connectivity index (χ1) is 9.34. The Bertz CT molecular complexity index is 552. The molecule has 0 spiro atoms. The Kier molecular flexibility index (Phi) is 5.97. The first kappa shape index (κ1) is 16.5. The molecule has 0 saturated heterocycles. The van der Waals surface area contributed by atoms with Crippen LogP contribution < -0.4 is 4.18 Å².